The Morgan fingerprint density at radius 2 is 0.845 bits per heavy atom. The molecule has 13 rings (SSSR count). The van der Waals surface area contributed by atoms with Crippen LogP contribution in [0.25, 0.3) is 78.5 Å². The molecule has 71 heavy (non-hydrogen) atoms. The fourth-order valence-corrected chi connectivity index (χ4v) is 10.3. The van der Waals surface area contributed by atoms with Crippen LogP contribution in [0.2, 0.25) is 0 Å². The lowest BCUT2D eigenvalue weighted by atomic mass is 9.73. The van der Waals surface area contributed by atoms with Crippen LogP contribution in [0, 0.1) is 0 Å². The highest BCUT2D eigenvalue weighted by atomic mass is 16.4. The van der Waals surface area contributed by atoms with E-state index in [9.17, 15) is 0 Å². The molecule has 0 saturated heterocycles. The number of anilines is 6. The molecule has 0 aliphatic carbocycles. The molecule has 6 nitrogen and oxygen atoms in total. The molecule has 3 heterocycles. The highest BCUT2D eigenvalue weighted by molar-refractivity contribution is 5.91. The summed E-state index contributed by atoms with van der Waals surface area (Å²) in [7, 11) is 0. The van der Waals surface area contributed by atoms with Crippen LogP contribution >= 0.6 is 0 Å². The first-order valence-electron chi connectivity index (χ1n) is 24.0. The van der Waals surface area contributed by atoms with Gasteiger partial charge in [-0.2, -0.15) is 0 Å². The maximum Gasteiger partial charge on any atom is 0.227 e. The van der Waals surface area contributed by atoms with Crippen LogP contribution in [0.15, 0.2) is 251 Å². The van der Waals surface area contributed by atoms with Gasteiger partial charge in [0.25, 0.3) is 0 Å². The van der Waals surface area contributed by atoms with Crippen molar-refractivity contribution in [1.29, 1.82) is 0 Å². The molecule has 338 valence electrons. The predicted molar refractivity (Wildman–Crippen MR) is 290 cm³/mol. The second-order valence-corrected chi connectivity index (χ2v) is 18.6. The van der Waals surface area contributed by atoms with Gasteiger partial charge in [-0.1, -0.05) is 153 Å². The molecule has 0 fully saturated rings. The number of rotatable bonds is 9. The number of aromatic nitrogens is 2. The molecule has 0 radical (unpaired) electrons. The SMILES string of the molecule is CC1(C)c2ccccc2N(c2ccc(-c3ccc(-c4ccc(N(c5ccc(-c6nc7ccccc7o6)cc5)c5ccccc5-c5ccccc5)cc4)cc3)cc2)c2ccc(-c3nc4ccccc4o3)cc21. The number of hydrogen-bond acceptors (Lipinski definition) is 6. The third kappa shape index (κ3) is 7.45. The molecule has 0 spiro atoms. The quantitative estimate of drug-likeness (QED) is 0.144. The van der Waals surface area contributed by atoms with Gasteiger partial charge in [-0.3, -0.25) is 0 Å². The van der Waals surface area contributed by atoms with Gasteiger partial charge in [-0.15, -0.1) is 0 Å². The number of oxazole rings is 2. The van der Waals surface area contributed by atoms with Crippen molar-refractivity contribution >= 4 is 56.3 Å². The van der Waals surface area contributed by atoms with Gasteiger partial charge in [0.1, 0.15) is 11.0 Å². The van der Waals surface area contributed by atoms with Gasteiger partial charge >= 0.3 is 0 Å². The van der Waals surface area contributed by atoms with Crippen LogP contribution in [0.5, 0.6) is 0 Å². The Kier molecular flexibility index (Phi) is 10.1. The second kappa shape index (κ2) is 17.1. The summed E-state index contributed by atoms with van der Waals surface area (Å²) in [4.78, 5) is 14.3. The Balaban J connectivity index is 0.791. The van der Waals surface area contributed by atoms with E-state index in [1.807, 2.05) is 48.5 Å². The molecule has 6 heteroatoms. The van der Waals surface area contributed by atoms with Gasteiger partial charge < -0.3 is 18.6 Å². The van der Waals surface area contributed by atoms with Crippen molar-refractivity contribution in [2.45, 2.75) is 19.3 Å². The summed E-state index contributed by atoms with van der Waals surface area (Å²) in [6.45, 7) is 4.62. The summed E-state index contributed by atoms with van der Waals surface area (Å²) < 4.78 is 12.4. The van der Waals surface area contributed by atoms with E-state index >= 15 is 0 Å². The zero-order valence-electron chi connectivity index (χ0n) is 39.2. The lowest BCUT2D eigenvalue weighted by Gasteiger charge is -2.42. The normalized spacial score (nSPS) is 12.7. The maximum atomic E-state index is 6.23. The number of benzene rings is 10. The first-order valence-corrected chi connectivity index (χ1v) is 24.0. The van der Waals surface area contributed by atoms with Crippen molar-refractivity contribution in [3.63, 3.8) is 0 Å². The molecule has 0 atom stereocenters. The smallest absolute Gasteiger partial charge is 0.227 e. The molecular weight excluding hydrogens is 869 g/mol. The minimum Gasteiger partial charge on any atom is -0.436 e. The van der Waals surface area contributed by atoms with Crippen molar-refractivity contribution in [3.8, 4) is 56.3 Å². The zero-order valence-corrected chi connectivity index (χ0v) is 39.2. The number of para-hydroxylation sites is 6. The highest BCUT2D eigenvalue weighted by Crippen LogP contribution is 2.53. The predicted octanol–water partition coefficient (Wildman–Crippen LogP) is 17.9. The molecule has 0 saturated carbocycles. The van der Waals surface area contributed by atoms with Crippen LogP contribution in [0.3, 0.4) is 0 Å². The van der Waals surface area contributed by atoms with Gasteiger partial charge in [-0.05, 0) is 142 Å². The van der Waals surface area contributed by atoms with E-state index in [0.717, 1.165) is 95.1 Å². The molecular formula is C65H46N4O2. The van der Waals surface area contributed by atoms with Crippen molar-refractivity contribution in [3.05, 3.63) is 254 Å². The van der Waals surface area contributed by atoms with Crippen LogP contribution in [0.1, 0.15) is 25.0 Å². The molecule has 1 aliphatic rings. The molecule has 12 aromatic rings. The molecule has 0 N–H and O–H groups in total. The van der Waals surface area contributed by atoms with E-state index in [4.69, 9.17) is 18.8 Å². The van der Waals surface area contributed by atoms with Crippen molar-refractivity contribution in [2.24, 2.45) is 0 Å². The van der Waals surface area contributed by atoms with Crippen molar-refractivity contribution in [2.75, 3.05) is 9.80 Å². The molecule has 1 aliphatic heterocycles. The summed E-state index contributed by atoms with van der Waals surface area (Å²) in [5.41, 5.74) is 20.9. The van der Waals surface area contributed by atoms with E-state index in [0.29, 0.717) is 11.8 Å². The minimum atomic E-state index is -0.248. The van der Waals surface area contributed by atoms with E-state index in [2.05, 4.69) is 218 Å². The molecule has 10 aromatic carbocycles. The average molecular weight is 915 g/mol. The third-order valence-corrected chi connectivity index (χ3v) is 14.0. The number of hydrogen-bond donors (Lipinski definition) is 0. The lowest BCUT2D eigenvalue weighted by Crippen LogP contribution is -2.30. The van der Waals surface area contributed by atoms with E-state index < -0.39 is 0 Å². The first-order chi connectivity index (χ1) is 34.9. The van der Waals surface area contributed by atoms with Crippen LogP contribution in [-0.2, 0) is 5.41 Å². The summed E-state index contributed by atoms with van der Waals surface area (Å²) in [5, 5.41) is 0. The fraction of sp³-hybridized carbons (Fsp3) is 0.0462. The van der Waals surface area contributed by atoms with Gasteiger partial charge in [0, 0.05) is 39.2 Å². The lowest BCUT2D eigenvalue weighted by molar-refractivity contribution is 0.615. The summed E-state index contributed by atoms with van der Waals surface area (Å²) in [5.74, 6) is 1.24. The summed E-state index contributed by atoms with van der Waals surface area (Å²) >= 11 is 0. The Hall–Kier alpha value is -9.26. The van der Waals surface area contributed by atoms with Crippen LogP contribution < -0.4 is 9.80 Å². The number of nitrogens with zero attached hydrogens (tertiary/aromatic N) is 4. The largest absolute Gasteiger partial charge is 0.436 e. The second-order valence-electron chi connectivity index (χ2n) is 18.6. The van der Waals surface area contributed by atoms with Gasteiger partial charge in [0.2, 0.25) is 11.8 Å². The highest BCUT2D eigenvalue weighted by Gasteiger charge is 2.37. The maximum absolute atomic E-state index is 6.23. The Morgan fingerprint density at radius 1 is 0.380 bits per heavy atom. The van der Waals surface area contributed by atoms with Crippen molar-refractivity contribution in [1.82, 2.24) is 9.97 Å². The van der Waals surface area contributed by atoms with Gasteiger partial charge in [0.15, 0.2) is 11.2 Å². The standard InChI is InChI=1S/C65H46N4O2/c1-65(2)54-17-7-11-21-59(54)69(60-41-34-49(42-55(60)65)64-67-57-19-9-13-23-62(57)71-64)52-37-30-46(31-38-52)44-26-24-43(25-27-44)45-28-35-50(36-29-45)68(58-20-10-6-16-53(58)47-14-4-3-5-15-47)51-39-32-48(33-40-51)63-66-56-18-8-12-22-61(56)70-63/h3-42H,1-2H3. The Bertz CT molecular complexity index is 3830. The Morgan fingerprint density at radius 3 is 1.46 bits per heavy atom. The van der Waals surface area contributed by atoms with Crippen LogP contribution in [-0.4, -0.2) is 9.97 Å². The minimum absolute atomic E-state index is 0.248. The molecule has 0 amide bonds. The van der Waals surface area contributed by atoms with E-state index in [-0.39, 0.29) is 5.41 Å². The fourth-order valence-electron chi connectivity index (χ4n) is 10.3. The van der Waals surface area contributed by atoms with Gasteiger partial charge in [-0.25, -0.2) is 9.97 Å². The summed E-state index contributed by atoms with van der Waals surface area (Å²) in [6.07, 6.45) is 0. The topological polar surface area (TPSA) is 58.5 Å². The first kappa shape index (κ1) is 41.9. The average Bonchev–Trinajstić information content (AvgIpc) is 4.08. The molecule has 2 aromatic heterocycles. The molecule has 0 bridgehead atoms. The van der Waals surface area contributed by atoms with Crippen molar-refractivity contribution < 1.29 is 8.83 Å². The molecule has 0 unspecified atom stereocenters. The summed E-state index contributed by atoms with van der Waals surface area (Å²) in [6, 6.07) is 85.5. The number of fused-ring (bicyclic) bond motifs is 4. The van der Waals surface area contributed by atoms with Crippen LogP contribution in [0.4, 0.5) is 34.1 Å². The zero-order chi connectivity index (χ0) is 47.5. The monoisotopic (exact) mass is 914 g/mol. The van der Waals surface area contributed by atoms with E-state index in [1.165, 1.54) is 16.8 Å². The Labute approximate surface area is 412 Å². The van der Waals surface area contributed by atoms with Gasteiger partial charge in [0.05, 0.1) is 17.1 Å². The third-order valence-electron chi connectivity index (χ3n) is 14.0. The van der Waals surface area contributed by atoms with E-state index in [1.54, 1.807) is 0 Å².